The predicted octanol–water partition coefficient (Wildman–Crippen LogP) is 3.62. The molecule has 0 fully saturated rings. The van der Waals surface area contributed by atoms with E-state index in [1.54, 1.807) is 6.20 Å². The van der Waals surface area contributed by atoms with E-state index in [9.17, 15) is 4.79 Å². The summed E-state index contributed by atoms with van der Waals surface area (Å²) in [6.07, 6.45) is 1.19. The zero-order valence-corrected chi connectivity index (χ0v) is 11.7. The lowest BCUT2D eigenvalue weighted by atomic mass is 10.2. The van der Waals surface area contributed by atoms with Crippen LogP contribution in [0.25, 0.3) is 10.9 Å². The lowest BCUT2D eigenvalue weighted by Crippen LogP contribution is -2.26. The van der Waals surface area contributed by atoms with Crippen molar-refractivity contribution >= 4 is 17.0 Å². The molecule has 0 N–H and O–H groups in total. The van der Waals surface area contributed by atoms with Crippen molar-refractivity contribution in [3.05, 3.63) is 30.5 Å². The summed E-state index contributed by atoms with van der Waals surface area (Å²) in [5.41, 5.74) is 0.247. The molecular formula is C15H18NO3. The van der Waals surface area contributed by atoms with Gasteiger partial charge in [-0.1, -0.05) is 0 Å². The summed E-state index contributed by atoms with van der Waals surface area (Å²) >= 11 is 0. The van der Waals surface area contributed by atoms with Gasteiger partial charge in [0.25, 0.3) is 0 Å². The summed E-state index contributed by atoms with van der Waals surface area (Å²) in [6, 6.07) is 8.56. The Bertz CT molecular complexity index is 593. The highest BCUT2D eigenvalue weighted by Crippen LogP contribution is 2.22. The molecule has 0 atom stereocenters. The van der Waals surface area contributed by atoms with Gasteiger partial charge in [-0.05, 0) is 45.9 Å². The van der Waals surface area contributed by atoms with Gasteiger partial charge in [0.05, 0.1) is 12.1 Å². The fourth-order valence-electron chi connectivity index (χ4n) is 1.76. The summed E-state index contributed by atoms with van der Waals surface area (Å²) in [4.78, 5) is 12.0. The highest BCUT2D eigenvalue weighted by molar-refractivity contribution is 5.89. The number of carbonyl (C=O) groups is 1. The van der Waals surface area contributed by atoms with Gasteiger partial charge in [-0.3, -0.25) is 4.57 Å². The lowest BCUT2D eigenvalue weighted by molar-refractivity contribution is 0.0544. The SMILES string of the molecule is CCOc1ccc2c([c]cn2C(=O)OC(C)(C)C)c1. The van der Waals surface area contributed by atoms with E-state index >= 15 is 0 Å². The van der Waals surface area contributed by atoms with Crippen LogP contribution in [0, 0.1) is 6.07 Å². The van der Waals surface area contributed by atoms with E-state index in [-0.39, 0.29) is 0 Å². The van der Waals surface area contributed by atoms with Gasteiger partial charge >= 0.3 is 6.09 Å². The molecule has 1 aromatic heterocycles. The third-order valence-corrected chi connectivity index (χ3v) is 2.48. The summed E-state index contributed by atoms with van der Waals surface area (Å²) in [6.45, 7) is 8.06. The summed E-state index contributed by atoms with van der Waals surface area (Å²) in [5, 5.41) is 0.830. The van der Waals surface area contributed by atoms with Crippen molar-refractivity contribution in [2.75, 3.05) is 6.61 Å². The number of hydrogen-bond acceptors (Lipinski definition) is 3. The van der Waals surface area contributed by atoms with Gasteiger partial charge in [0.15, 0.2) is 0 Å². The van der Waals surface area contributed by atoms with Gasteiger partial charge in [-0.15, -0.1) is 0 Å². The molecule has 19 heavy (non-hydrogen) atoms. The van der Waals surface area contributed by atoms with Crippen molar-refractivity contribution < 1.29 is 14.3 Å². The second kappa shape index (κ2) is 4.96. The normalized spacial score (nSPS) is 11.6. The molecule has 4 heteroatoms. The third kappa shape index (κ3) is 3.08. The van der Waals surface area contributed by atoms with Crippen LogP contribution in [0.2, 0.25) is 0 Å². The third-order valence-electron chi connectivity index (χ3n) is 2.48. The summed E-state index contributed by atoms with van der Waals surface area (Å²) < 4.78 is 12.2. The van der Waals surface area contributed by atoms with Crippen LogP contribution in [-0.2, 0) is 4.74 Å². The van der Waals surface area contributed by atoms with Crippen LogP contribution in [0.15, 0.2) is 24.4 Å². The Kier molecular flexibility index (Phi) is 3.51. The Morgan fingerprint density at radius 3 is 2.74 bits per heavy atom. The molecule has 0 amide bonds. The fourth-order valence-corrected chi connectivity index (χ4v) is 1.76. The van der Waals surface area contributed by atoms with Crippen molar-refractivity contribution in [2.45, 2.75) is 33.3 Å². The second-order valence-electron chi connectivity index (χ2n) is 5.24. The van der Waals surface area contributed by atoms with E-state index in [0.29, 0.717) is 6.61 Å². The molecule has 0 aliphatic heterocycles. The highest BCUT2D eigenvalue weighted by atomic mass is 16.6. The lowest BCUT2D eigenvalue weighted by Gasteiger charge is -2.19. The molecule has 0 spiro atoms. The number of hydrogen-bond donors (Lipinski definition) is 0. The molecule has 0 bridgehead atoms. The molecular weight excluding hydrogens is 242 g/mol. The molecule has 1 heterocycles. The Hall–Kier alpha value is -1.97. The monoisotopic (exact) mass is 260 g/mol. The predicted molar refractivity (Wildman–Crippen MR) is 73.6 cm³/mol. The van der Waals surface area contributed by atoms with Gasteiger partial charge in [-0.2, -0.15) is 0 Å². The standard InChI is InChI=1S/C15H18NO3/c1-5-18-12-6-7-13-11(10-12)8-9-16(13)14(17)19-15(2,3)4/h6-7,9-10H,5H2,1-4H3. The largest absolute Gasteiger partial charge is 0.494 e. The number of nitrogens with zero attached hydrogens (tertiary/aromatic N) is 1. The zero-order chi connectivity index (χ0) is 14.0. The Labute approximate surface area is 112 Å². The van der Waals surface area contributed by atoms with E-state index in [0.717, 1.165) is 16.7 Å². The molecule has 101 valence electrons. The van der Waals surface area contributed by atoms with Crippen molar-refractivity contribution in [3.63, 3.8) is 0 Å². The maximum Gasteiger partial charge on any atom is 0.419 e. The van der Waals surface area contributed by atoms with Gasteiger partial charge in [0.2, 0.25) is 0 Å². The first-order valence-electron chi connectivity index (χ1n) is 6.29. The van der Waals surface area contributed by atoms with Crippen molar-refractivity contribution in [2.24, 2.45) is 0 Å². The van der Waals surface area contributed by atoms with Gasteiger partial charge in [0.1, 0.15) is 11.4 Å². The van der Waals surface area contributed by atoms with Crippen LogP contribution in [0.5, 0.6) is 5.75 Å². The Balaban J connectivity index is 2.33. The quantitative estimate of drug-likeness (QED) is 0.828. The fraction of sp³-hybridized carbons (Fsp3) is 0.400. The first kappa shape index (κ1) is 13.5. The van der Waals surface area contributed by atoms with Gasteiger partial charge in [-0.25, -0.2) is 4.79 Å². The van der Waals surface area contributed by atoms with E-state index < -0.39 is 11.7 Å². The minimum Gasteiger partial charge on any atom is -0.494 e. The number of aromatic nitrogens is 1. The molecule has 1 aromatic carbocycles. The Morgan fingerprint density at radius 2 is 2.11 bits per heavy atom. The molecule has 0 aliphatic carbocycles. The summed E-state index contributed by atoms with van der Waals surface area (Å²) in [7, 11) is 0. The van der Waals surface area contributed by atoms with Gasteiger partial charge < -0.3 is 9.47 Å². The Morgan fingerprint density at radius 1 is 1.37 bits per heavy atom. The first-order chi connectivity index (χ1) is 8.90. The van der Waals surface area contributed by atoms with Crippen LogP contribution in [-0.4, -0.2) is 22.9 Å². The van der Waals surface area contributed by atoms with Crippen molar-refractivity contribution in [1.82, 2.24) is 4.57 Å². The van der Waals surface area contributed by atoms with Crippen LogP contribution in [0.3, 0.4) is 0 Å². The van der Waals surface area contributed by atoms with Crippen LogP contribution >= 0.6 is 0 Å². The summed E-state index contributed by atoms with van der Waals surface area (Å²) in [5.74, 6) is 0.771. The molecule has 0 saturated carbocycles. The number of fused-ring (bicyclic) bond motifs is 1. The average Bonchev–Trinajstić information content (AvgIpc) is 2.70. The second-order valence-corrected chi connectivity index (χ2v) is 5.24. The maximum atomic E-state index is 12.0. The van der Waals surface area contributed by atoms with Crippen molar-refractivity contribution in [3.8, 4) is 5.75 Å². The molecule has 0 aliphatic rings. The minimum atomic E-state index is -0.515. The number of rotatable bonds is 2. The van der Waals surface area contributed by atoms with E-state index in [1.807, 2.05) is 45.9 Å². The molecule has 0 saturated heterocycles. The van der Waals surface area contributed by atoms with Crippen LogP contribution in [0.1, 0.15) is 27.7 Å². The highest BCUT2D eigenvalue weighted by Gasteiger charge is 2.19. The molecule has 4 nitrogen and oxygen atoms in total. The van der Waals surface area contributed by atoms with E-state index in [1.165, 1.54) is 4.57 Å². The van der Waals surface area contributed by atoms with Crippen molar-refractivity contribution in [1.29, 1.82) is 0 Å². The molecule has 0 unspecified atom stereocenters. The molecule has 2 aromatic rings. The molecule has 2 rings (SSSR count). The number of benzene rings is 1. The van der Waals surface area contributed by atoms with E-state index in [2.05, 4.69) is 6.07 Å². The van der Waals surface area contributed by atoms with Crippen LogP contribution < -0.4 is 4.74 Å². The maximum absolute atomic E-state index is 12.0. The van der Waals surface area contributed by atoms with Crippen LogP contribution in [0.4, 0.5) is 4.79 Å². The topological polar surface area (TPSA) is 40.5 Å². The molecule has 1 radical (unpaired) electrons. The first-order valence-corrected chi connectivity index (χ1v) is 6.29. The minimum absolute atomic E-state index is 0.400. The average molecular weight is 260 g/mol. The zero-order valence-electron chi connectivity index (χ0n) is 11.7. The van der Waals surface area contributed by atoms with Gasteiger partial charge in [0, 0.05) is 17.6 Å². The number of carbonyl (C=O) groups excluding carboxylic acids is 1. The number of ether oxygens (including phenoxy) is 2. The van der Waals surface area contributed by atoms with E-state index in [4.69, 9.17) is 9.47 Å². The smallest absolute Gasteiger partial charge is 0.419 e.